The molecule has 0 saturated carbocycles. The van der Waals surface area contributed by atoms with Crippen LogP contribution in [0.3, 0.4) is 0 Å². The molecule has 0 aromatic carbocycles. The lowest BCUT2D eigenvalue weighted by molar-refractivity contribution is -0.128. The minimum absolute atomic E-state index is 0.00342. The molecule has 0 aliphatic carbocycles. The van der Waals surface area contributed by atoms with E-state index in [9.17, 15) is 9.59 Å². The molecule has 0 unspecified atom stereocenters. The van der Waals surface area contributed by atoms with Crippen LogP contribution in [0.2, 0.25) is 0 Å². The molecule has 1 amide bonds. The van der Waals surface area contributed by atoms with E-state index < -0.39 is 5.60 Å². The normalized spacial score (nSPS) is 20.4. The smallest absolute Gasteiger partial charge is 0.278 e. The van der Waals surface area contributed by atoms with Gasteiger partial charge in [0.1, 0.15) is 11.5 Å². The zero-order valence-electron chi connectivity index (χ0n) is 17.4. The van der Waals surface area contributed by atoms with E-state index in [1.165, 1.54) is 6.20 Å². The third kappa shape index (κ3) is 3.70. The molecule has 2 aliphatic heterocycles. The van der Waals surface area contributed by atoms with Gasteiger partial charge in [-0.25, -0.2) is 4.98 Å². The molecule has 2 aromatic heterocycles. The van der Waals surface area contributed by atoms with Crippen LogP contribution in [0.5, 0.6) is 0 Å². The highest BCUT2D eigenvalue weighted by atomic mass is 16.7. The molecule has 1 fully saturated rings. The summed E-state index contributed by atoms with van der Waals surface area (Å²) in [5, 5.41) is 7.26. The third-order valence-corrected chi connectivity index (χ3v) is 5.45. The second kappa shape index (κ2) is 7.95. The van der Waals surface area contributed by atoms with Crippen LogP contribution in [-0.2, 0) is 9.63 Å². The van der Waals surface area contributed by atoms with Crippen molar-refractivity contribution in [3.63, 3.8) is 0 Å². The average molecular weight is 407 g/mol. The molecule has 4 rings (SSSR count). The largest absolute Gasteiger partial charge is 0.381 e. The van der Waals surface area contributed by atoms with E-state index in [0.29, 0.717) is 23.6 Å². The van der Waals surface area contributed by atoms with Crippen LogP contribution in [0.15, 0.2) is 41.8 Å². The van der Waals surface area contributed by atoms with Crippen LogP contribution < -0.4 is 10.2 Å². The summed E-state index contributed by atoms with van der Waals surface area (Å²) in [5.41, 5.74) is 0.992. The van der Waals surface area contributed by atoms with Gasteiger partial charge >= 0.3 is 0 Å². The molecular formula is C22H25N5O3. The van der Waals surface area contributed by atoms with E-state index in [4.69, 9.17) is 4.84 Å². The van der Waals surface area contributed by atoms with Gasteiger partial charge in [0.05, 0.1) is 6.04 Å². The second-order valence-corrected chi connectivity index (χ2v) is 8.12. The Morgan fingerprint density at radius 1 is 1.27 bits per heavy atom. The van der Waals surface area contributed by atoms with Crippen LogP contribution >= 0.6 is 0 Å². The van der Waals surface area contributed by atoms with Crippen molar-refractivity contribution in [2.75, 3.05) is 18.0 Å². The fourth-order valence-corrected chi connectivity index (χ4v) is 3.71. The first-order valence-corrected chi connectivity index (χ1v) is 10.1. The Bertz CT molecular complexity index is 994. The summed E-state index contributed by atoms with van der Waals surface area (Å²) in [5.74, 6) is 0.225. The first-order valence-electron chi connectivity index (χ1n) is 10.1. The molecule has 8 nitrogen and oxygen atoms in total. The molecule has 1 atom stereocenters. The van der Waals surface area contributed by atoms with Gasteiger partial charge in [0.15, 0.2) is 11.3 Å². The summed E-state index contributed by atoms with van der Waals surface area (Å²) in [6, 6.07) is 7.11. The molecule has 156 valence electrons. The molecule has 30 heavy (non-hydrogen) atoms. The van der Waals surface area contributed by atoms with Crippen molar-refractivity contribution >= 4 is 23.2 Å². The number of hydrogen-bond donors (Lipinski definition) is 1. The van der Waals surface area contributed by atoms with Gasteiger partial charge in [-0.15, -0.1) is 0 Å². The predicted octanol–water partition coefficient (Wildman–Crippen LogP) is 2.27. The van der Waals surface area contributed by atoms with E-state index in [2.05, 4.69) is 20.4 Å². The summed E-state index contributed by atoms with van der Waals surface area (Å²) in [6.07, 6.45) is 5.08. The summed E-state index contributed by atoms with van der Waals surface area (Å²) in [7, 11) is 0. The van der Waals surface area contributed by atoms with Crippen molar-refractivity contribution in [2.45, 2.75) is 45.3 Å². The molecule has 2 aliphatic rings. The molecule has 0 bridgehead atoms. The number of piperidine rings is 1. The molecule has 1 saturated heterocycles. The van der Waals surface area contributed by atoms with Crippen molar-refractivity contribution in [3.05, 3.63) is 53.5 Å². The number of hydrogen-bond acceptors (Lipinski definition) is 7. The number of oxime groups is 1. The number of pyridine rings is 2. The number of aryl methyl sites for hydroxylation is 1. The number of carbonyl (C=O) groups is 2. The number of rotatable bonds is 4. The number of ketones is 1. The standard InChI is InChI=1S/C22H25N5O3/c1-14-6-4-11-24-20(14)27(16-7-5-10-23-13-16)21(29)17-9-8-15(12-25-17)18-19(28)22(2,3)30-26-18/h4,6,8-9,11-12,16,23H,5,7,10,13H2,1-3H3/t16-/m1/s1. The Morgan fingerprint density at radius 2 is 2.10 bits per heavy atom. The van der Waals surface area contributed by atoms with E-state index in [1.54, 1.807) is 37.1 Å². The molecule has 8 heteroatoms. The fraction of sp³-hybridized carbons (Fsp3) is 0.409. The number of nitrogens with one attached hydrogen (secondary N) is 1. The highest BCUT2D eigenvalue weighted by Gasteiger charge is 2.40. The molecular weight excluding hydrogens is 382 g/mol. The van der Waals surface area contributed by atoms with Crippen molar-refractivity contribution in [3.8, 4) is 0 Å². The highest BCUT2D eigenvalue weighted by Crippen LogP contribution is 2.25. The Hall–Kier alpha value is -3.13. The van der Waals surface area contributed by atoms with Gasteiger partial charge in [0, 0.05) is 24.5 Å². The molecule has 4 heterocycles. The lowest BCUT2D eigenvalue weighted by Gasteiger charge is -2.34. The summed E-state index contributed by atoms with van der Waals surface area (Å²) in [6.45, 7) is 6.94. The summed E-state index contributed by atoms with van der Waals surface area (Å²) >= 11 is 0. The van der Waals surface area contributed by atoms with Gasteiger partial charge in [-0.2, -0.15) is 0 Å². The van der Waals surface area contributed by atoms with Crippen molar-refractivity contribution in [1.82, 2.24) is 15.3 Å². The Balaban J connectivity index is 1.63. The van der Waals surface area contributed by atoms with E-state index in [-0.39, 0.29) is 23.4 Å². The topological polar surface area (TPSA) is 96.8 Å². The molecule has 2 aromatic rings. The fourth-order valence-electron chi connectivity index (χ4n) is 3.71. The third-order valence-electron chi connectivity index (χ3n) is 5.45. The van der Waals surface area contributed by atoms with Crippen LogP contribution in [0.4, 0.5) is 5.82 Å². The van der Waals surface area contributed by atoms with Crippen molar-refractivity contribution in [2.24, 2.45) is 5.16 Å². The predicted molar refractivity (Wildman–Crippen MR) is 113 cm³/mol. The number of Topliss-reactive ketones (excluding diaryl/α,β-unsaturated/α-hetero) is 1. The van der Waals surface area contributed by atoms with Crippen LogP contribution in [-0.4, -0.2) is 52.1 Å². The highest BCUT2D eigenvalue weighted by molar-refractivity contribution is 6.49. The lowest BCUT2D eigenvalue weighted by Crippen LogP contribution is -2.49. The number of anilines is 1. The maximum atomic E-state index is 13.5. The number of carbonyl (C=O) groups excluding carboxylic acids is 2. The Kier molecular flexibility index (Phi) is 5.34. The van der Waals surface area contributed by atoms with Gasteiger partial charge < -0.3 is 10.2 Å². The Morgan fingerprint density at radius 3 is 2.70 bits per heavy atom. The minimum Gasteiger partial charge on any atom is -0.381 e. The minimum atomic E-state index is -0.981. The van der Waals surface area contributed by atoms with Gasteiger partial charge in [0.2, 0.25) is 5.78 Å². The van der Waals surface area contributed by atoms with E-state index in [0.717, 1.165) is 24.9 Å². The quantitative estimate of drug-likeness (QED) is 0.835. The molecule has 1 N–H and O–H groups in total. The number of aromatic nitrogens is 2. The molecule has 0 radical (unpaired) electrons. The maximum absolute atomic E-state index is 13.5. The van der Waals surface area contributed by atoms with Crippen LogP contribution in [0, 0.1) is 6.92 Å². The summed E-state index contributed by atoms with van der Waals surface area (Å²) < 4.78 is 0. The van der Waals surface area contributed by atoms with Crippen LogP contribution in [0.1, 0.15) is 48.3 Å². The Labute approximate surface area is 175 Å². The van der Waals surface area contributed by atoms with E-state index >= 15 is 0 Å². The van der Waals surface area contributed by atoms with Crippen molar-refractivity contribution in [1.29, 1.82) is 0 Å². The number of amides is 1. The summed E-state index contributed by atoms with van der Waals surface area (Å²) in [4.78, 5) is 41.7. The molecule has 0 spiro atoms. The van der Waals surface area contributed by atoms with Crippen LogP contribution in [0.25, 0.3) is 0 Å². The zero-order valence-corrected chi connectivity index (χ0v) is 17.4. The van der Waals surface area contributed by atoms with Crippen molar-refractivity contribution < 1.29 is 14.4 Å². The SMILES string of the molecule is Cc1cccnc1N(C(=O)c1ccc(C2=NOC(C)(C)C2=O)cn1)[C@@H]1CCCNC1. The van der Waals surface area contributed by atoms with E-state index in [1.807, 2.05) is 19.1 Å². The lowest BCUT2D eigenvalue weighted by atomic mass is 9.97. The van der Waals surface area contributed by atoms with Gasteiger partial charge in [-0.1, -0.05) is 11.2 Å². The first kappa shape index (κ1) is 20.2. The monoisotopic (exact) mass is 407 g/mol. The number of nitrogens with zero attached hydrogens (tertiary/aromatic N) is 4. The van der Waals surface area contributed by atoms with Gasteiger partial charge in [0.25, 0.3) is 5.91 Å². The average Bonchev–Trinajstić information content (AvgIpc) is 3.03. The van der Waals surface area contributed by atoms with Gasteiger partial charge in [-0.05, 0) is 63.9 Å². The first-order chi connectivity index (χ1) is 14.4. The second-order valence-electron chi connectivity index (χ2n) is 8.12. The zero-order chi connectivity index (χ0) is 21.3. The maximum Gasteiger partial charge on any atom is 0.278 e. The van der Waals surface area contributed by atoms with Gasteiger partial charge in [-0.3, -0.25) is 19.5 Å².